The summed E-state index contributed by atoms with van der Waals surface area (Å²) in [5.41, 5.74) is 1.77. The van der Waals surface area contributed by atoms with Gasteiger partial charge in [0.2, 0.25) is 0 Å². The zero-order chi connectivity index (χ0) is 19.2. The van der Waals surface area contributed by atoms with Crippen molar-refractivity contribution in [1.29, 1.82) is 5.41 Å². The molecule has 27 heavy (non-hydrogen) atoms. The summed E-state index contributed by atoms with van der Waals surface area (Å²) in [5.74, 6) is 0.00264. The summed E-state index contributed by atoms with van der Waals surface area (Å²) in [6, 6.07) is 9.76. The van der Waals surface area contributed by atoms with Crippen LogP contribution in [0.25, 0.3) is 0 Å². The molecule has 0 unspecified atom stereocenters. The fourth-order valence-electron chi connectivity index (χ4n) is 3.11. The summed E-state index contributed by atoms with van der Waals surface area (Å²) in [4.78, 5) is 21.3. The van der Waals surface area contributed by atoms with Gasteiger partial charge in [-0.3, -0.25) is 15.1 Å². The van der Waals surface area contributed by atoms with Gasteiger partial charge in [-0.2, -0.15) is 0 Å². The lowest BCUT2D eigenvalue weighted by Gasteiger charge is -2.36. The number of likely N-dealkylation sites (tertiary alicyclic amines) is 1. The van der Waals surface area contributed by atoms with E-state index in [1.807, 2.05) is 42.6 Å². The number of piperidine rings is 1. The summed E-state index contributed by atoms with van der Waals surface area (Å²) >= 11 is 1.34. The van der Waals surface area contributed by atoms with Crippen LogP contribution in [0.5, 0.6) is 0 Å². The highest BCUT2D eigenvalue weighted by molar-refractivity contribution is 7.11. The molecular formula is C20H25N5OS. The van der Waals surface area contributed by atoms with Crippen LogP contribution >= 0.6 is 11.3 Å². The number of hydrogen-bond acceptors (Lipinski definition) is 6. The Balaban J connectivity index is 1.75. The number of hydrogen-bond donors (Lipinski definition) is 2. The molecule has 142 valence electrons. The maximum absolute atomic E-state index is 13.1. The lowest BCUT2D eigenvalue weighted by molar-refractivity contribution is 0.0748. The Morgan fingerprint density at radius 3 is 2.67 bits per heavy atom. The quantitative estimate of drug-likeness (QED) is 0.611. The van der Waals surface area contributed by atoms with E-state index in [1.54, 1.807) is 17.2 Å². The number of para-hydroxylation sites is 1. The average Bonchev–Trinajstić information content (AvgIpc) is 3.11. The fraction of sp³-hybridized carbons (Fsp3) is 0.350. The number of nitrogens with zero attached hydrogens (tertiary/aromatic N) is 3. The zero-order valence-corrected chi connectivity index (χ0v) is 16.5. The van der Waals surface area contributed by atoms with Crippen molar-refractivity contribution in [3.05, 3.63) is 58.7 Å². The van der Waals surface area contributed by atoms with Crippen molar-refractivity contribution in [3.63, 3.8) is 0 Å². The smallest absolute Gasteiger partial charge is 0.288 e. The molecule has 1 aliphatic heterocycles. The van der Waals surface area contributed by atoms with Gasteiger partial charge in [0.25, 0.3) is 5.91 Å². The third kappa shape index (κ3) is 5.02. The van der Waals surface area contributed by atoms with Gasteiger partial charge >= 0.3 is 0 Å². The van der Waals surface area contributed by atoms with Crippen molar-refractivity contribution in [3.8, 4) is 0 Å². The van der Waals surface area contributed by atoms with E-state index in [1.165, 1.54) is 11.3 Å². The summed E-state index contributed by atoms with van der Waals surface area (Å²) < 4.78 is 0. The van der Waals surface area contributed by atoms with Gasteiger partial charge in [0.1, 0.15) is 5.84 Å². The number of carbonyl (C=O) groups excluding carboxylic acids is 1. The van der Waals surface area contributed by atoms with E-state index >= 15 is 0 Å². The van der Waals surface area contributed by atoms with Crippen molar-refractivity contribution in [2.24, 2.45) is 0 Å². The number of amidine groups is 1. The molecule has 1 saturated heterocycles. The number of benzene rings is 1. The summed E-state index contributed by atoms with van der Waals surface area (Å²) in [7, 11) is 2.08. The number of rotatable bonds is 5. The third-order valence-electron chi connectivity index (χ3n) is 4.60. The topological polar surface area (TPSA) is 72.3 Å². The molecule has 2 aromatic rings. The molecular weight excluding hydrogens is 358 g/mol. The normalized spacial score (nSPS) is 15.8. The highest BCUT2D eigenvalue weighted by atomic mass is 32.1. The second-order valence-corrected chi connectivity index (χ2v) is 7.59. The maximum Gasteiger partial charge on any atom is 0.288 e. The van der Waals surface area contributed by atoms with E-state index in [0.717, 1.165) is 37.3 Å². The molecule has 0 bridgehead atoms. The van der Waals surface area contributed by atoms with Crippen molar-refractivity contribution in [2.45, 2.75) is 25.8 Å². The first kappa shape index (κ1) is 19.3. The van der Waals surface area contributed by atoms with Gasteiger partial charge in [-0.1, -0.05) is 18.2 Å². The van der Waals surface area contributed by atoms with Crippen LogP contribution in [0.1, 0.15) is 28.3 Å². The molecule has 1 fully saturated rings. The highest BCUT2D eigenvalue weighted by Crippen LogP contribution is 2.21. The number of amides is 1. The Bertz CT molecular complexity index is 809. The Kier molecular flexibility index (Phi) is 6.36. The van der Waals surface area contributed by atoms with Crippen LogP contribution in [-0.2, 0) is 0 Å². The molecule has 0 aliphatic carbocycles. The van der Waals surface area contributed by atoms with E-state index in [9.17, 15) is 4.79 Å². The van der Waals surface area contributed by atoms with Crippen LogP contribution in [0.2, 0.25) is 0 Å². The molecule has 2 N–H and O–H groups in total. The minimum Gasteiger partial charge on any atom is -0.362 e. The van der Waals surface area contributed by atoms with Crippen LogP contribution in [0.4, 0.5) is 5.69 Å². The second kappa shape index (κ2) is 8.92. The summed E-state index contributed by atoms with van der Waals surface area (Å²) in [6.45, 7) is 3.72. The van der Waals surface area contributed by atoms with Gasteiger partial charge in [-0.05, 0) is 58.1 Å². The van der Waals surface area contributed by atoms with Gasteiger partial charge < -0.3 is 10.2 Å². The third-order valence-corrected chi connectivity index (χ3v) is 5.55. The number of aryl methyl sites for hydroxylation is 1. The largest absolute Gasteiger partial charge is 0.362 e. The number of anilines is 1. The molecule has 1 aromatic carbocycles. The van der Waals surface area contributed by atoms with E-state index in [2.05, 4.69) is 22.2 Å². The summed E-state index contributed by atoms with van der Waals surface area (Å²) in [6.07, 6.45) is 5.06. The van der Waals surface area contributed by atoms with E-state index in [0.29, 0.717) is 5.01 Å². The van der Waals surface area contributed by atoms with Gasteiger partial charge in [0, 0.05) is 29.0 Å². The molecule has 0 radical (unpaired) electrons. The standard InChI is InChI=1S/C20H25N5OS/c1-15-14-27-19(23-15)20(26)25(17-9-12-24(2)13-10-17)18(21)8-11-22-16-6-4-3-5-7-16/h3-8,11,14,17,21-22H,9-10,12-13H2,1-2H3/b11-8-,21-18?. The Labute approximate surface area is 164 Å². The van der Waals surface area contributed by atoms with Crippen molar-refractivity contribution in [2.75, 3.05) is 25.5 Å². The maximum atomic E-state index is 13.1. The number of carbonyl (C=O) groups is 1. The first-order valence-corrected chi connectivity index (χ1v) is 9.93. The molecule has 6 nitrogen and oxygen atoms in total. The number of thiazole rings is 1. The molecule has 0 spiro atoms. The molecule has 1 aromatic heterocycles. The predicted molar refractivity (Wildman–Crippen MR) is 110 cm³/mol. The number of nitrogens with one attached hydrogen (secondary N) is 2. The van der Waals surface area contributed by atoms with E-state index in [4.69, 9.17) is 5.41 Å². The predicted octanol–water partition coefficient (Wildman–Crippen LogP) is 3.59. The molecule has 7 heteroatoms. The first-order valence-electron chi connectivity index (χ1n) is 9.05. The highest BCUT2D eigenvalue weighted by Gasteiger charge is 2.31. The van der Waals surface area contributed by atoms with Crippen LogP contribution < -0.4 is 5.32 Å². The molecule has 0 saturated carbocycles. The van der Waals surface area contributed by atoms with Crippen LogP contribution in [0.15, 0.2) is 48.0 Å². The zero-order valence-electron chi connectivity index (χ0n) is 15.7. The monoisotopic (exact) mass is 383 g/mol. The molecule has 1 aliphatic rings. The van der Waals surface area contributed by atoms with Gasteiger partial charge in [0.05, 0.1) is 0 Å². The molecule has 1 amide bonds. The average molecular weight is 384 g/mol. The van der Waals surface area contributed by atoms with Crippen molar-refractivity contribution < 1.29 is 4.79 Å². The first-order chi connectivity index (χ1) is 13.0. The Morgan fingerprint density at radius 2 is 2.04 bits per heavy atom. The van der Waals surface area contributed by atoms with Gasteiger partial charge in [0.15, 0.2) is 5.01 Å². The molecule has 2 heterocycles. The lowest BCUT2D eigenvalue weighted by atomic mass is 10.0. The van der Waals surface area contributed by atoms with Crippen LogP contribution in [0.3, 0.4) is 0 Å². The van der Waals surface area contributed by atoms with Crippen molar-refractivity contribution >= 4 is 28.8 Å². The van der Waals surface area contributed by atoms with E-state index < -0.39 is 0 Å². The fourth-order valence-corrected chi connectivity index (χ4v) is 3.84. The van der Waals surface area contributed by atoms with Crippen LogP contribution in [0, 0.1) is 12.3 Å². The van der Waals surface area contributed by atoms with Crippen molar-refractivity contribution in [1.82, 2.24) is 14.8 Å². The summed E-state index contributed by atoms with van der Waals surface area (Å²) in [5, 5.41) is 14.0. The molecule has 3 rings (SSSR count). The van der Waals surface area contributed by atoms with Gasteiger partial charge in [-0.15, -0.1) is 11.3 Å². The number of aromatic nitrogens is 1. The molecule has 0 atom stereocenters. The van der Waals surface area contributed by atoms with Gasteiger partial charge in [-0.25, -0.2) is 4.98 Å². The lowest BCUT2D eigenvalue weighted by Crippen LogP contribution is -2.48. The Hall–Kier alpha value is -2.51. The minimum absolute atomic E-state index is 0.0202. The Morgan fingerprint density at radius 1 is 1.33 bits per heavy atom. The van der Waals surface area contributed by atoms with Crippen LogP contribution in [-0.4, -0.2) is 52.7 Å². The van der Waals surface area contributed by atoms with E-state index in [-0.39, 0.29) is 17.8 Å². The second-order valence-electron chi connectivity index (χ2n) is 6.73. The SMILES string of the molecule is Cc1csc(C(=O)N(C(=N)/C=C\Nc2ccccc2)C2CCN(C)CC2)n1. The minimum atomic E-state index is -0.183.